The first kappa shape index (κ1) is 33.4. The van der Waals surface area contributed by atoms with Gasteiger partial charge in [0, 0.05) is 16.5 Å². The van der Waals surface area contributed by atoms with Crippen LogP contribution in [0.4, 0.5) is 37.7 Å². The lowest BCUT2D eigenvalue weighted by atomic mass is 9.56. The molecule has 3 aromatic rings. The van der Waals surface area contributed by atoms with Gasteiger partial charge in [0.15, 0.2) is 44.6 Å². The molecule has 254 valence electrons. The Hall–Kier alpha value is -4.07. The van der Waals surface area contributed by atoms with E-state index in [1.54, 1.807) is 13.0 Å². The highest BCUT2D eigenvalue weighted by Gasteiger charge is 2.77. The lowest BCUT2D eigenvalue weighted by molar-refractivity contribution is -0.125. The molecule has 0 bridgehead atoms. The van der Waals surface area contributed by atoms with Crippen molar-refractivity contribution in [2.75, 3.05) is 9.80 Å². The highest BCUT2D eigenvalue weighted by Crippen LogP contribution is 2.67. The lowest BCUT2D eigenvalue weighted by Gasteiger charge is -2.50. The quantitative estimate of drug-likeness (QED) is 0.0783. The Kier molecular flexibility index (Phi) is 7.48. The monoisotopic (exact) mass is 742 g/mol. The van der Waals surface area contributed by atoms with Gasteiger partial charge in [0.2, 0.25) is 17.6 Å². The third-order valence-electron chi connectivity index (χ3n) is 9.96. The second-order valence-electron chi connectivity index (χ2n) is 12.3. The van der Waals surface area contributed by atoms with Gasteiger partial charge in [0.1, 0.15) is 5.69 Å². The van der Waals surface area contributed by atoms with Crippen molar-refractivity contribution in [1.82, 2.24) is 0 Å². The molecule has 3 aromatic carbocycles. The maximum atomic E-state index is 15.1. The minimum absolute atomic E-state index is 0.0544. The van der Waals surface area contributed by atoms with Crippen molar-refractivity contribution < 1.29 is 50.6 Å². The zero-order valence-corrected chi connectivity index (χ0v) is 26.9. The number of aryl methyl sites for hydroxylation is 1. The van der Waals surface area contributed by atoms with Gasteiger partial charge < -0.3 is 5.11 Å². The van der Waals surface area contributed by atoms with E-state index in [0.717, 1.165) is 23.1 Å². The number of imide groups is 2. The van der Waals surface area contributed by atoms with Gasteiger partial charge in [0.05, 0.1) is 17.5 Å². The van der Waals surface area contributed by atoms with Gasteiger partial charge >= 0.3 is 0 Å². The van der Waals surface area contributed by atoms with Gasteiger partial charge in [-0.05, 0) is 49.4 Å². The molecule has 1 N–H and O–H groups in total. The van der Waals surface area contributed by atoms with Crippen LogP contribution in [0.25, 0.3) is 0 Å². The van der Waals surface area contributed by atoms with E-state index >= 15 is 8.78 Å². The molecule has 2 heterocycles. The van der Waals surface area contributed by atoms with Gasteiger partial charge in [-0.25, -0.2) is 36.1 Å². The SMILES string of the molecule is Cc1ccc(N2C(=O)C3CC=C4C(CC5(Cl)C(=O)N(c6c(F)c(F)c(F)c(F)c6F)C(=O)C5(Cl)C4c4cccc(F)c4O)C3C2=O)cc1Cl. The summed E-state index contributed by atoms with van der Waals surface area (Å²) >= 11 is 20.3. The molecule has 0 spiro atoms. The fraction of sp³-hybridized carbons (Fsp3) is 0.273. The number of benzene rings is 3. The molecular weight excluding hydrogens is 725 g/mol. The predicted molar refractivity (Wildman–Crippen MR) is 163 cm³/mol. The largest absolute Gasteiger partial charge is 0.505 e. The fourth-order valence-electron chi connectivity index (χ4n) is 7.65. The Bertz CT molecular complexity index is 2090. The standard InChI is InChI=1S/C33H19Cl3F6N2O5/c1-11-5-6-12(9-17(11)34)43-28(46)14-8-7-13-16(19(14)29(43)47)10-32(35)30(48)44(26-24(41)22(39)21(38)23(40)25(26)42)31(49)33(32,36)20(13)15-3-2-4-18(37)27(15)45/h2-7,9,14,16,19-20,45H,8,10H2,1H3. The van der Waals surface area contributed by atoms with Crippen LogP contribution in [0.15, 0.2) is 48.0 Å². The molecule has 1 saturated carbocycles. The minimum Gasteiger partial charge on any atom is -0.505 e. The predicted octanol–water partition coefficient (Wildman–Crippen LogP) is 6.96. The summed E-state index contributed by atoms with van der Waals surface area (Å²) < 4.78 is 87.8. The van der Waals surface area contributed by atoms with E-state index < -0.39 is 115 Å². The molecule has 49 heavy (non-hydrogen) atoms. The number of carbonyl (C=O) groups is 4. The molecule has 2 aliphatic carbocycles. The van der Waals surface area contributed by atoms with Crippen molar-refractivity contribution in [3.8, 4) is 5.75 Å². The van der Waals surface area contributed by atoms with Crippen molar-refractivity contribution in [3.63, 3.8) is 0 Å². The summed E-state index contributed by atoms with van der Waals surface area (Å²) in [5, 5.41) is 11.1. The summed E-state index contributed by atoms with van der Waals surface area (Å²) in [5.74, 6) is -25.1. The van der Waals surface area contributed by atoms with Gasteiger partial charge in [-0.2, -0.15) is 0 Å². The van der Waals surface area contributed by atoms with Gasteiger partial charge in [-0.3, -0.25) is 19.2 Å². The number of fused-ring (bicyclic) bond motifs is 4. The first-order valence-corrected chi connectivity index (χ1v) is 15.7. The maximum absolute atomic E-state index is 15.1. The lowest BCUT2D eigenvalue weighted by Crippen LogP contribution is -2.60. The van der Waals surface area contributed by atoms with Crippen LogP contribution in [0.1, 0.15) is 29.9 Å². The number of amides is 4. The Morgan fingerprint density at radius 2 is 1.45 bits per heavy atom. The first-order valence-electron chi connectivity index (χ1n) is 14.6. The van der Waals surface area contributed by atoms with Crippen LogP contribution >= 0.6 is 34.8 Å². The molecule has 7 nitrogen and oxygen atoms in total. The number of carbonyl (C=O) groups excluding carboxylic acids is 4. The van der Waals surface area contributed by atoms with Crippen LogP contribution in [0.2, 0.25) is 5.02 Å². The number of hydrogen-bond acceptors (Lipinski definition) is 5. The zero-order valence-electron chi connectivity index (χ0n) is 24.6. The summed E-state index contributed by atoms with van der Waals surface area (Å²) in [4.78, 5) is 51.1. The molecular formula is C33H19Cl3F6N2O5. The number of rotatable bonds is 3. The van der Waals surface area contributed by atoms with Crippen molar-refractivity contribution in [1.29, 1.82) is 0 Å². The number of hydrogen-bond donors (Lipinski definition) is 1. The van der Waals surface area contributed by atoms with E-state index in [4.69, 9.17) is 34.8 Å². The molecule has 4 aliphatic rings. The number of phenols is 1. The molecule has 3 fully saturated rings. The first-order chi connectivity index (χ1) is 23.0. The number of phenolic OH excluding ortho intramolecular Hbond substituents is 1. The smallest absolute Gasteiger partial charge is 0.258 e. The highest BCUT2D eigenvalue weighted by atomic mass is 35.5. The number of halogens is 9. The average molecular weight is 744 g/mol. The van der Waals surface area contributed by atoms with Crippen LogP contribution in [-0.2, 0) is 19.2 Å². The third kappa shape index (κ3) is 4.18. The van der Waals surface area contributed by atoms with Crippen molar-refractivity contribution in [2.24, 2.45) is 17.8 Å². The Balaban J connectivity index is 1.44. The molecule has 7 rings (SSSR count). The van der Waals surface area contributed by atoms with Gasteiger partial charge in [-0.1, -0.05) is 41.4 Å². The van der Waals surface area contributed by atoms with E-state index in [-0.39, 0.29) is 27.6 Å². The van der Waals surface area contributed by atoms with Crippen LogP contribution in [0.5, 0.6) is 5.75 Å². The van der Waals surface area contributed by atoms with E-state index in [2.05, 4.69) is 0 Å². The van der Waals surface area contributed by atoms with Crippen LogP contribution in [0, 0.1) is 59.6 Å². The fourth-order valence-corrected chi connectivity index (χ4v) is 8.75. The van der Waals surface area contributed by atoms with Gasteiger partial charge in [-0.15, -0.1) is 23.2 Å². The molecule has 4 amide bonds. The van der Waals surface area contributed by atoms with E-state index in [0.29, 0.717) is 5.56 Å². The number of allylic oxidation sites excluding steroid dienone is 2. The molecule has 6 unspecified atom stereocenters. The van der Waals surface area contributed by atoms with Gasteiger partial charge in [0.25, 0.3) is 11.8 Å². The third-order valence-corrected chi connectivity index (χ3v) is 11.8. The maximum Gasteiger partial charge on any atom is 0.258 e. The molecule has 2 saturated heterocycles. The number of para-hydroxylation sites is 1. The van der Waals surface area contributed by atoms with E-state index in [9.17, 15) is 41.8 Å². The van der Waals surface area contributed by atoms with Crippen molar-refractivity contribution in [2.45, 2.75) is 35.4 Å². The Morgan fingerprint density at radius 1 is 0.816 bits per heavy atom. The summed E-state index contributed by atoms with van der Waals surface area (Å²) in [5.41, 5.74) is -1.55. The molecule has 16 heteroatoms. The van der Waals surface area contributed by atoms with Crippen LogP contribution in [0.3, 0.4) is 0 Å². The van der Waals surface area contributed by atoms with E-state index in [1.165, 1.54) is 18.2 Å². The molecule has 2 aliphatic heterocycles. The number of anilines is 2. The zero-order chi connectivity index (χ0) is 35.6. The molecule has 6 atom stereocenters. The Morgan fingerprint density at radius 3 is 2.08 bits per heavy atom. The van der Waals surface area contributed by atoms with Crippen LogP contribution < -0.4 is 9.80 Å². The topological polar surface area (TPSA) is 95.0 Å². The second kappa shape index (κ2) is 11.0. The minimum atomic E-state index is -2.90. The number of nitrogens with zero attached hydrogens (tertiary/aromatic N) is 2. The van der Waals surface area contributed by atoms with E-state index in [1.807, 2.05) is 0 Å². The summed E-state index contributed by atoms with van der Waals surface area (Å²) in [6, 6.07) is 7.57. The Labute approximate surface area is 287 Å². The summed E-state index contributed by atoms with van der Waals surface area (Å²) in [6.45, 7) is 1.70. The summed E-state index contributed by atoms with van der Waals surface area (Å²) in [6.07, 6.45) is 0.530. The van der Waals surface area contributed by atoms with Crippen LogP contribution in [-0.4, -0.2) is 38.5 Å². The summed E-state index contributed by atoms with van der Waals surface area (Å²) in [7, 11) is 0. The molecule has 0 radical (unpaired) electrons. The van der Waals surface area contributed by atoms with Crippen molar-refractivity contribution in [3.05, 3.63) is 99.1 Å². The average Bonchev–Trinajstić information content (AvgIpc) is 3.40. The normalized spacial score (nSPS) is 29.3. The second-order valence-corrected chi connectivity index (χ2v) is 14.0. The molecule has 0 aromatic heterocycles. The van der Waals surface area contributed by atoms with Crippen molar-refractivity contribution >= 4 is 69.8 Å². The highest BCUT2D eigenvalue weighted by molar-refractivity contribution is 6.58. The number of alkyl halides is 2. The number of aromatic hydroxyl groups is 1.